The van der Waals surface area contributed by atoms with E-state index in [1.165, 1.54) is 133 Å². The molecule has 4 amide bonds. The Balaban J connectivity index is -0.00000160. The van der Waals surface area contributed by atoms with E-state index < -0.39 is 101 Å². The van der Waals surface area contributed by atoms with Crippen molar-refractivity contribution < 1.29 is 107 Å². The van der Waals surface area contributed by atoms with Gasteiger partial charge in [0.05, 0.1) is 12.5 Å². The number of rotatable bonds is 60. The molecule has 0 aromatic rings. The molecule has 0 aromatic heterocycles. The molecule has 0 aliphatic heterocycles. The van der Waals surface area contributed by atoms with Crippen LogP contribution >= 0.6 is 135 Å². The third-order valence-electron chi connectivity index (χ3n) is 16.7. The zero-order chi connectivity index (χ0) is 92.3. The van der Waals surface area contributed by atoms with Crippen molar-refractivity contribution in [3.8, 4) is 0 Å². The van der Waals surface area contributed by atoms with Crippen LogP contribution in [0.5, 0.6) is 0 Å². The molecule has 3 aliphatic carbocycles. The highest BCUT2D eigenvalue weighted by atomic mass is 33.1. The summed E-state index contributed by atoms with van der Waals surface area (Å²) >= 11 is 12.2. The lowest BCUT2D eigenvalue weighted by molar-refractivity contribution is -0.141. The third kappa shape index (κ3) is 69.1. The van der Waals surface area contributed by atoms with Crippen LogP contribution in [0.2, 0.25) is 0 Å². The van der Waals surface area contributed by atoms with Gasteiger partial charge >= 0.3 is 48.1 Å². The van der Waals surface area contributed by atoms with E-state index in [0.29, 0.717) is 41.9 Å². The lowest BCUT2D eigenvalue weighted by Gasteiger charge is -2.35. The summed E-state index contributed by atoms with van der Waals surface area (Å²) in [6, 6.07) is -5.52. The maximum atomic E-state index is 13.1. The fourth-order valence-corrected chi connectivity index (χ4v) is 25.7. The molecule has 13 atom stereocenters. The molecule has 0 bridgehead atoms. The van der Waals surface area contributed by atoms with Crippen LogP contribution in [-0.4, -0.2) is 281 Å². The highest BCUT2D eigenvalue weighted by Gasteiger charge is 2.35. The number of aliphatic carboxylic acids is 5. The molecule has 30 nitrogen and oxygen atoms in total. The minimum atomic E-state index is -1.20. The quantitative estimate of drug-likeness (QED) is 0.0153. The number of Topliss-reactive ketones (excluding diaryl/α,β-unsaturated/α-hetero) is 5. The Labute approximate surface area is 775 Å². The zero-order valence-corrected chi connectivity index (χ0v) is 83.2. The Hall–Kier alpha value is -2.98. The first-order valence-electron chi connectivity index (χ1n) is 41.0. The molecule has 42 heteroatoms. The molecule has 3 rings (SSSR count). The van der Waals surface area contributed by atoms with E-state index in [1.807, 2.05) is 54.0 Å². The Morgan fingerprint density at radius 2 is 0.664 bits per heavy atom. The Bertz CT molecular complexity index is 3030. The smallest absolute Gasteiger partial charge is 0.408 e. The van der Waals surface area contributed by atoms with Gasteiger partial charge in [-0.05, 0) is 184 Å². The zero-order valence-electron chi connectivity index (χ0n) is 73.4. The van der Waals surface area contributed by atoms with Crippen molar-refractivity contribution in [3.63, 3.8) is 0 Å². The number of carbonyl (C=O) groups excluding carboxylic acids is 9. The first-order chi connectivity index (χ1) is 56.7. The minimum Gasteiger partial charge on any atom is -0.481 e. The average molecular weight is 1960 g/mol. The number of ether oxygens (including phenoxy) is 3. The molecule has 0 radical (unpaired) electrons. The van der Waals surface area contributed by atoms with Gasteiger partial charge in [-0.2, -0.15) is 70.6 Å². The van der Waals surface area contributed by atoms with Crippen LogP contribution in [0.1, 0.15) is 240 Å². The maximum absolute atomic E-state index is 13.1. The van der Waals surface area contributed by atoms with Crippen molar-refractivity contribution >= 4 is 218 Å². The topological polar surface area (TPSA) is 506 Å². The molecule has 0 aromatic carbocycles. The standard InChI is InChI=1S/C28H48N2O6S4.C27H48N2O7S4.C11H20N2O6S2.C8H18N2S2.C5H8O3.CH4/c1-5-6-15-37-25-12-13-26(25)38-16-7-8-24(33)22(29-19(2)9-10-20(3)31)17-39-40-18-23(28(35)36)30-27(34)14-11-21(4)32;1-8-9-14-37-21-12-13-22(21)38-15-10-11-20(30)18(28-24(33)35-26(2,3)4)16-39-40-17-19(23(31)32)29-25(34)36-27(5,6)7;1-11(2,3)19-10(18)13-7(9(16)17)5-21-20-4-6(12)8(14)15;9-3-5-11-7-1-2-8(7)12-6-4-10;1-4(6)2-3-5(7)8;/h19,22-23,25-26,29H,5-18H2,1-4H3,(H,30,34)(H,35,36);18-19,21-22H,8-17H2,1-7H3,(H,28,33)(H,29,34)(H,31,32);6-7H,4-5,12H2,1-3H3,(H,13,18)(H,14,15)(H,16,17);7-8H,1-6,9-10H2;2-3H2,1H3,(H,7,8);1H4. The second kappa shape index (κ2) is 71.8. The molecule has 0 spiro atoms. The van der Waals surface area contributed by atoms with Crippen LogP contribution in [0.15, 0.2) is 0 Å². The first-order valence-corrected chi connectivity index (χ1v) is 54.7. The molecule has 0 heterocycles. The summed E-state index contributed by atoms with van der Waals surface area (Å²) in [7, 11) is 7.42. The molecular weight excluding hydrogens is 1810 g/mol. The van der Waals surface area contributed by atoms with E-state index in [-0.39, 0.29) is 103 Å². The molecule has 16 N–H and O–H groups in total. The number of nitrogens with one attached hydrogen (secondary N) is 5. The van der Waals surface area contributed by atoms with E-state index in [1.54, 1.807) is 69.2 Å². The van der Waals surface area contributed by atoms with Crippen LogP contribution < -0.4 is 43.8 Å². The van der Waals surface area contributed by atoms with Gasteiger partial charge in [-0.25, -0.2) is 28.8 Å². The van der Waals surface area contributed by atoms with Crippen LogP contribution in [0, 0.1) is 0 Å². The maximum Gasteiger partial charge on any atom is 0.408 e. The number of alkyl carbamates (subject to hydrolysis) is 3. The minimum absolute atomic E-state index is 0. The summed E-state index contributed by atoms with van der Waals surface area (Å²) in [5.41, 5.74) is 14.0. The predicted octanol–water partition coefficient (Wildman–Crippen LogP) is 14.3. The number of hydrogen-bond acceptors (Lipinski definition) is 33. The third-order valence-corrected chi connectivity index (χ3v) is 33.5. The van der Waals surface area contributed by atoms with Crippen LogP contribution in [-0.2, 0) is 67.0 Å². The Morgan fingerprint density at radius 1 is 0.377 bits per heavy atom. The first kappa shape index (κ1) is 123. The number of amides is 4. The Morgan fingerprint density at radius 3 is 0.951 bits per heavy atom. The fraction of sp³-hybridized carbons (Fsp3) is 0.825. The molecule has 0 saturated heterocycles. The number of carboxylic acid groups (broad SMARTS) is 5. The monoisotopic (exact) mass is 1950 g/mol. The summed E-state index contributed by atoms with van der Waals surface area (Å²) in [5.74, 6) is 1.61. The molecule has 122 heavy (non-hydrogen) atoms. The van der Waals surface area contributed by atoms with Gasteiger partial charge in [-0.1, -0.05) is 98.9 Å². The normalized spacial score (nSPS) is 18.1. The number of unbranched alkanes of at least 4 members (excludes halogenated alkanes) is 2. The largest absolute Gasteiger partial charge is 0.481 e. The van der Waals surface area contributed by atoms with Crippen molar-refractivity contribution in [2.75, 3.05) is 82.1 Å². The van der Waals surface area contributed by atoms with Crippen molar-refractivity contribution in [1.29, 1.82) is 0 Å². The summed E-state index contributed by atoms with van der Waals surface area (Å²) in [5, 5.41) is 62.3. The number of carboxylic acids is 5. The van der Waals surface area contributed by atoms with Gasteiger partial charge in [0, 0.05) is 135 Å². The van der Waals surface area contributed by atoms with Crippen LogP contribution in [0.25, 0.3) is 0 Å². The van der Waals surface area contributed by atoms with Gasteiger partial charge in [0.1, 0.15) is 64.4 Å². The van der Waals surface area contributed by atoms with E-state index in [2.05, 4.69) is 64.0 Å². The van der Waals surface area contributed by atoms with Crippen LogP contribution in [0.3, 0.4) is 0 Å². The van der Waals surface area contributed by atoms with E-state index in [0.717, 1.165) is 91.5 Å². The highest BCUT2D eigenvalue weighted by Crippen LogP contribution is 2.43. The summed E-state index contributed by atoms with van der Waals surface area (Å²) in [6.07, 6.45) is 14.2. The molecular formula is C80H146N8O22S12. The van der Waals surface area contributed by atoms with E-state index in [4.69, 9.17) is 46.7 Å². The second-order valence-corrected chi connectivity index (χ2v) is 47.4. The van der Waals surface area contributed by atoms with Gasteiger partial charge in [-0.15, -0.1) is 0 Å². The van der Waals surface area contributed by atoms with Gasteiger partial charge in [-0.3, -0.25) is 24.0 Å². The lowest BCUT2D eigenvalue weighted by atomic mass is 9.99. The predicted molar refractivity (Wildman–Crippen MR) is 517 cm³/mol. The molecule has 13 unspecified atom stereocenters. The van der Waals surface area contributed by atoms with E-state index in [9.17, 15) is 77.3 Å². The van der Waals surface area contributed by atoms with Gasteiger partial charge in [0.2, 0.25) is 5.91 Å². The second-order valence-electron chi connectivity index (χ2n) is 31.7. The number of thioether (sulfide) groups is 6. The summed E-state index contributed by atoms with van der Waals surface area (Å²) in [4.78, 5) is 161. The van der Waals surface area contributed by atoms with Gasteiger partial charge in [0.15, 0.2) is 11.6 Å². The number of carbonyl (C=O) groups is 14. The number of ketones is 5. The average Bonchev–Trinajstić information content (AvgIpc) is 0.855. The number of hydrogen-bond donors (Lipinski definition) is 13. The molecule has 710 valence electrons. The fourth-order valence-electron chi connectivity index (χ4n) is 9.75. The van der Waals surface area contributed by atoms with E-state index >= 15 is 0 Å². The lowest BCUT2D eigenvalue weighted by Crippen LogP contribution is -2.45. The van der Waals surface area contributed by atoms with Crippen molar-refractivity contribution in [3.05, 3.63) is 0 Å². The number of nitrogens with two attached hydrogens (primary N) is 3. The Kier molecular flexibility index (Phi) is 72.5. The highest BCUT2D eigenvalue weighted by molar-refractivity contribution is 8.77. The van der Waals surface area contributed by atoms with Crippen molar-refractivity contribution in [2.24, 2.45) is 17.2 Å². The molecule has 3 fully saturated rings. The van der Waals surface area contributed by atoms with Gasteiger partial charge < -0.3 is 97.9 Å². The summed E-state index contributed by atoms with van der Waals surface area (Å²) < 4.78 is 15.5. The summed E-state index contributed by atoms with van der Waals surface area (Å²) in [6.45, 7) is 27.7. The molecule has 3 aliphatic rings. The van der Waals surface area contributed by atoms with Crippen LogP contribution in [0.4, 0.5) is 14.4 Å². The van der Waals surface area contributed by atoms with Crippen molar-refractivity contribution in [2.45, 2.75) is 330 Å². The van der Waals surface area contributed by atoms with Gasteiger partial charge in [0.25, 0.3) is 0 Å². The SMILES string of the molecule is C.CC(=O)CCC(=O)O.CC(C)(C)OC(=O)NC(CSSCC(N)C(=O)O)C(=O)O.CCCCSC1CCC1SCCCC(=O)C(CSSCC(NC(=O)CCC(C)=O)C(=O)O)NC(C)CCC(C)=O.CCCCSC1CCC1SCCCC(=O)C(CSSCC(NC(=O)OC(C)(C)C)C(=O)O)NC(=O)OC(C)(C)C.NCCSC1CCC1SCCN. The molecule has 3 saturated carbocycles. The van der Waals surface area contributed by atoms with Crippen molar-refractivity contribution in [1.82, 2.24) is 26.6 Å².